The Labute approximate surface area is 125 Å². The predicted molar refractivity (Wildman–Crippen MR) is 79.6 cm³/mol. The summed E-state index contributed by atoms with van der Waals surface area (Å²) in [5, 5.41) is 0. The molecule has 1 aliphatic heterocycles. The highest BCUT2D eigenvalue weighted by Gasteiger charge is 2.22. The Morgan fingerprint density at radius 3 is 2.95 bits per heavy atom. The van der Waals surface area contributed by atoms with E-state index in [-0.39, 0.29) is 12.5 Å². The van der Waals surface area contributed by atoms with Crippen molar-refractivity contribution in [2.75, 3.05) is 13.2 Å². The van der Waals surface area contributed by atoms with Crippen LogP contribution in [0.15, 0.2) is 41.0 Å². The number of nitrogens with one attached hydrogen (secondary N) is 1. The fourth-order valence-corrected chi connectivity index (χ4v) is 2.88. The minimum Gasteiger partial charge on any atom is -0.484 e. The summed E-state index contributed by atoms with van der Waals surface area (Å²) in [7, 11) is 0. The van der Waals surface area contributed by atoms with Crippen molar-refractivity contribution < 1.29 is 9.53 Å². The Morgan fingerprint density at radius 2 is 2.15 bits per heavy atom. The van der Waals surface area contributed by atoms with Crippen molar-refractivity contribution in [3.63, 3.8) is 0 Å². The Morgan fingerprint density at radius 1 is 1.35 bits per heavy atom. The summed E-state index contributed by atoms with van der Waals surface area (Å²) in [5.41, 5.74) is 2.39. The van der Waals surface area contributed by atoms with Gasteiger partial charge in [-0.1, -0.05) is 18.2 Å². The molecule has 0 aliphatic carbocycles. The number of aromatic amines is 1. The van der Waals surface area contributed by atoms with E-state index in [0.29, 0.717) is 6.54 Å². The highest BCUT2D eigenvalue weighted by atomic mass is 79.9. The topological polar surface area (TPSA) is 45.3 Å². The molecule has 2 heterocycles. The second kappa shape index (κ2) is 5.71. The molecule has 3 rings (SSSR count). The van der Waals surface area contributed by atoms with Crippen LogP contribution in [0.2, 0.25) is 0 Å². The van der Waals surface area contributed by atoms with E-state index in [4.69, 9.17) is 4.74 Å². The lowest BCUT2D eigenvalue weighted by atomic mass is 10.1. The summed E-state index contributed by atoms with van der Waals surface area (Å²) in [6.07, 6.45) is 0.859. The van der Waals surface area contributed by atoms with Crippen LogP contribution in [-0.4, -0.2) is 28.9 Å². The van der Waals surface area contributed by atoms with Crippen molar-refractivity contribution in [3.8, 4) is 5.75 Å². The maximum atomic E-state index is 12.2. The molecule has 0 saturated carbocycles. The molecule has 1 aromatic carbocycles. The largest absolute Gasteiger partial charge is 0.484 e. The fraction of sp³-hybridized carbons (Fsp3) is 0.267. The third-order valence-electron chi connectivity index (χ3n) is 3.41. The number of benzene rings is 1. The summed E-state index contributed by atoms with van der Waals surface area (Å²) in [6.45, 7) is 1.47. The predicted octanol–water partition coefficient (Wildman–Crippen LogP) is 2.74. The van der Waals surface area contributed by atoms with Gasteiger partial charge in [0.15, 0.2) is 6.61 Å². The number of halogens is 1. The SMILES string of the molecule is O=C(COc1ccccc1)N1CCc2[nH]c(Br)cc2C1. The van der Waals surface area contributed by atoms with Gasteiger partial charge in [0.05, 0.1) is 4.60 Å². The zero-order chi connectivity index (χ0) is 13.9. The van der Waals surface area contributed by atoms with Crippen molar-refractivity contribution in [2.45, 2.75) is 13.0 Å². The number of para-hydroxylation sites is 1. The monoisotopic (exact) mass is 334 g/mol. The summed E-state index contributed by atoms with van der Waals surface area (Å²) < 4.78 is 6.48. The number of ether oxygens (including phenoxy) is 1. The van der Waals surface area contributed by atoms with Crippen LogP contribution < -0.4 is 4.74 Å². The van der Waals surface area contributed by atoms with E-state index in [2.05, 4.69) is 20.9 Å². The van der Waals surface area contributed by atoms with Crippen LogP contribution in [0, 0.1) is 0 Å². The van der Waals surface area contributed by atoms with Crippen molar-refractivity contribution in [2.24, 2.45) is 0 Å². The van der Waals surface area contributed by atoms with Gasteiger partial charge in [0.2, 0.25) is 0 Å². The van der Waals surface area contributed by atoms with Crippen molar-refractivity contribution in [3.05, 3.63) is 52.3 Å². The Hall–Kier alpha value is -1.75. The highest BCUT2D eigenvalue weighted by Crippen LogP contribution is 2.22. The van der Waals surface area contributed by atoms with Gasteiger partial charge in [-0.05, 0) is 39.7 Å². The standard InChI is InChI=1S/C15H15BrN2O2/c16-14-8-11-9-18(7-6-13(11)17-14)15(19)10-20-12-4-2-1-3-5-12/h1-5,8,17H,6-7,9-10H2. The van der Waals surface area contributed by atoms with E-state index in [1.807, 2.05) is 41.3 Å². The van der Waals surface area contributed by atoms with E-state index >= 15 is 0 Å². The quantitative estimate of drug-likeness (QED) is 0.937. The molecule has 0 fully saturated rings. The van der Waals surface area contributed by atoms with Crippen LogP contribution in [0.1, 0.15) is 11.3 Å². The van der Waals surface area contributed by atoms with E-state index in [1.165, 1.54) is 11.3 Å². The van der Waals surface area contributed by atoms with E-state index in [1.54, 1.807) is 0 Å². The molecule has 5 heteroatoms. The van der Waals surface area contributed by atoms with Crippen molar-refractivity contribution in [1.29, 1.82) is 0 Å². The Kier molecular flexibility index (Phi) is 3.78. The minimum atomic E-state index is 0.0248. The number of aromatic nitrogens is 1. The van der Waals surface area contributed by atoms with Crippen LogP contribution in [0.25, 0.3) is 0 Å². The molecule has 0 radical (unpaired) electrons. The molecule has 1 aliphatic rings. The molecule has 1 N–H and O–H groups in total. The number of rotatable bonds is 3. The molecule has 0 atom stereocenters. The minimum absolute atomic E-state index is 0.0248. The van der Waals surface area contributed by atoms with Crippen molar-refractivity contribution >= 4 is 21.8 Å². The third kappa shape index (κ3) is 2.88. The van der Waals surface area contributed by atoms with Crippen LogP contribution in [0.5, 0.6) is 5.75 Å². The van der Waals surface area contributed by atoms with E-state index < -0.39 is 0 Å². The second-order valence-corrected chi connectivity index (χ2v) is 5.64. The summed E-state index contributed by atoms with van der Waals surface area (Å²) >= 11 is 3.43. The van der Waals surface area contributed by atoms with Gasteiger partial charge in [0, 0.05) is 25.2 Å². The van der Waals surface area contributed by atoms with Crippen LogP contribution in [-0.2, 0) is 17.8 Å². The lowest BCUT2D eigenvalue weighted by Crippen LogP contribution is -2.38. The van der Waals surface area contributed by atoms with Crippen LogP contribution in [0.3, 0.4) is 0 Å². The number of carbonyl (C=O) groups is 1. The summed E-state index contributed by atoms with van der Waals surface area (Å²) in [4.78, 5) is 17.3. The van der Waals surface area contributed by atoms with Gasteiger partial charge >= 0.3 is 0 Å². The first-order valence-corrected chi connectivity index (χ1v) is 7.33. The number of fused-ring (bicyclic) bond motifs is 1. The Balaban J connectivity index is 1.59. The van der Waals surface area contributed by atoms with E-state index in [0.717, 1.165) is 23.3 Å². The molecule has 104 valence electrons. The molecule has 0 bridgehead atoms. The molecule has 2 aromatic rings. The lowest BCUT2D eigenvalue weighted by Gasteiger charge is -2.26. The number of H-pyrrole nitrogens is 1. The molecule has 4 nitrogen and oxygen atoms in total. The highest BCUT2D eigenvalue weighted by molar-refractivity contribution is 9.10. The summed E-state index contributed by atoms with van der Waals surface area (Å²) in [6, 6.07) is 11.4. The normalized spacial score (nSPS) is 13.9. The number of hydrogen-bond acceptors (Lipinski definition) is 2. The lowest BCUT2D eigenvalue weighted by molar-refractivity contribution is -0.134. The average Bonchev–Trinajstić information content (AvgIpc) is 2.85. The molecule has 0 saturated heterocycles. The number of hydrogen-bond donors (Lipinski definition) is 1. The van der Waals surface area contributed by atoms with Crippen molar-refractivity contribution in [1.82, 2.24) is 9.88 Å². The maximum absolute atomic E-state index is 12.2. The first-order valence-electron chi connectivity index (χ1n) is 6.54. The smallest absolute Gasteiger partial charge is 0.260 e. The van der Waals surface area contributed by atoms with Gasteiger partial charge in [-0.25, -0.2) is 0 Å². The first-order chi connectivity index (χ1) is 9.72. The zero-order valence-electron chi connectivity index (χ0n) is 10.9. The third-order valence-corrected chi connectivity index (χ3v) is 3.84. The van der Waals surface area contributed by atoms with Crippen LogP contribution >= 0.6 is 15.9 Å². The fourth-order valence-electron chi connectivity index (χ4n) is 2.36. The molecule has 0 spiro atoms. The van der Waals surface area contributed by atoms with Gasteiger partial charge < -0.3 is 14.6 Å². The molecule has 20 heavy (non-hydrogen) atoms. The molecular weight excluding hydrogens is 320 g/mol. The molecule has 1 aromatic heterocycles. The maximum Gasteiger partial charge on any atom is 0.260 e. The second-order valence-electron chi connectivity index (χ2n) is 4.79. The molecular formula is C15H15BrN2O2. The average molecular weight is 335 g/mol. The van der Waals surface area contributed by atoms with Gasteiger partial charge in [-0.3, -0.25) is 4.79 Å². The molecule has 1 amide bonds. The Bertz CT molecular complexity index is 610. The number of amides is 1. The van der Waals surface area contributed by atoms with Crippen LogP contribution in [0.4, 0.5) is 0 Å². The molecule has 0 unspecified atom stereocenters. The number of carbonyl (C=O) groups excluding carboxylic acids is 1. The first kappa shape index (κ1) is 13.2. The van der Waals surface area contributed by atoms with Gasteiger partial charge in [-0.2, -0.15) is 0 Å². The van der Waals surface area contributed by atoms with E-state index in [9.17, 15) is 4.79 Å². The summed E-state index contributed by atoms with van der Waals surface area (Å²) in [5.74, 6) is 0.750. The zero-order valence-corrected chi connectivity index (χ0v) is 12.5. The van der Waals surface area contributed by atoms with Gasteiger partial charge in [-0.15, -0.1) is 0 Å². The van der Waals surface area contributed by atoms with Gasteiger partial charge in [0.25, 0.3) is 5.91 Å². The van der Waals surface area contributed by atoms with Gasteiger partial charge in [0.1, 0.15) is 5.75 Å². The number of nitrogens with zero attached hydrogens (tertiary/aromatic N) is 1.